The molecule has 1 aliphatic carbocycles. The van der Waals surface area contributed by atoms with E-state index in [1.54, 1.807) is 0 Å². The van der Waals surface area contributed by atoms with Crippen LogP contribution in [0, 0.1) is 11.8 Å². The molecule has 1 heterocycles. The molecule has 104 valence electrons. The van der Waals surface area contributed by atoms with Gasteiger partial charge in [0.15, 0.2) is 0 Å². The molecule has 1 saturated heterocycles. The Morgan fingerprint density at radius 1 is 1.33 bits per heavy atom. The molecule has 1 saturated carbocycles. The Hall–Kier alpha value is -0.610. The first-order valence-corrected chi connectivity index (χ1v) is 7.19. The quantitative estimate of drug-likeness (QED) is 0.767. The van der Waals surface area contributed by atoms with Crippen molar-refractivity contribution in [1.82, 2.24) is 10.2 Å². The fourth-order valence-corrected chi connectivity index (χ4v) is 3.36. The third-order valence-electron chi connectivity index (χ3n) is 4.37. The maximum Gasteiger partial charge on any atom is 0.310 e. The predicted octanol–water partition coefficient (Wildman–Crippen LogP) is 1.26. The summed E-state index contributed by atoms with van der Waals surface area (Å²) in [4.78, 5) is 14.3. The molecule has 4 heteroatoms. The van der Waals surface area contributed by atoms with E-state index in [-0.39, 0.29) is 11.9 Å². The molecule has 4 nitrogen and oxygen atoms in total. The van der Waals surface area contributed by atoms with Crippen molar-refractivity contribution in [3.05, 3.63) is 0 Å². The highest BCUT2D eigenvalue weighted by Gasteiger charge is 2.38. The molecule has 18 heavy (non-hydrogen) atoms. The summed E-state index contributed by atoms with van der Waals surface area (Å²) < 4.78 is 4.92. The zero-order valence-corrected chi connectivity index (χ0v) is 11.8. The molecule has 0 radical (unpaired) electrons. The molecule has 2 aliphatic rings. The first-order valence-electron chi connectivity index (χ1n) is 7.19. The molecule has 2 atom stereocenters. The zero-order valence-electron chi connectivity index (χ0n) is 11.8. The number of likely N-dealkylation sites (tertiary alicyclic amines) is 1. The Morgan fingerprint density at radius 3 is 2.61 bits per heavy atom. The summed E-state index contributed by atoms with van der Waals surface area (Å²) in [5.74, 6) is 0.852. The molecule has 2 fully saturated rings. The number of carbonyl (C=O) groups excluding carboxylic acids is 1. The number of methoxy groups -OCH3 is 1. The molecule has 2 rings (SSSR count). The molecular formula is C14H26N2O2. The van der Waals surface area contributed by atoms with Crippen molar-refractivity contribution in [3.63, 3.8) is 0 Å². The van der Waals surface area contributed by atoms with Gasteiger partial charge in [-0.2, -0.15) is 0 Å². The molecule has 0 bridgehead atoms. The van der Waals surface area contributed by atoms with Gasteiger partial charge in [-0.3, -0.25) is 9.69 Å². The number of nitrogens with zero attached hydrogens (tertiary/aromatic N) is 1. The predicted molar refractivity (Wildman–Crippen MR) is 71.3 cm³/mol. The maximum atomic E-state index is 11.8. The summed E-state index contributed by atoms with van der Waals surface area (Å²) in [6, 6.07) is 1.12. The van der Waals surface area contributed by atoms with Crippen LogP contribution in [0.5, 0.6) is 0 Å². The van der Waals surface area contributed by atoms with Crippen molar-refractivity contribution in [3.8, 4) is 0 Å². The van der Waals surface area contributed by atoms with Crippen LogP contribution in [0.4, 0.5) is 0 Å². The van der Waals surface area contributed by atoms with E-state index >= 15 is 0 Å². The summed E-state index contributed by atoms with van der Waals surface area (Å²) >= 11 is 0. The monoisotopic (exact) mass is 254 g/mol. The van der Waals surface area contributed by atoms with E-state index in [4.69, 9.17) is 4.74 Å². The number of likely N-dealkylation sites (N-methyl/N-ethyl adjacent to an activating group) is 1. The average Bonchev–Trinajstić information content (AvgIpc) is 2.34. The van der Waals surface area contributed by atoms with Crippen LogP contribution in [-0.2, 0) is 9.53 Å². The second-order valence-electron chi connectivity index (χ2n) is 5.89. The van der Waals surface area contributed by atoms with Gasteiger partial charge in [-0.25, -0.2) is 0 Å². The van der Waals surface area contributed by atoms with Crippen LogP contribution in [0.15, 0.2) is 0 Å². The summed E-state index contributed by atoms with van der Waals surface area (Å²) in [6.45, 7) is 7.36. The smallest absolute Gasteiger partial charge is 0.310 e. The lowest BCUT2D eigenvalue weighted by atomic mass is 9.79. The molecule has 0 amide bonds. The first kappa shape index (κ1) is 13.8. The van der Waals surface area contributed by atoms with E-state index in [1.807, 2.05) is 0 Å². The third kappa shape index (κ3) is 3.04. The fraction of sp³-hybridized carbons (Fsp3) is 0.929. The minimum atomic E-state index is -0.0463. The van der Waals surface area contributed by atoms with Crippen molar-refractivity contribution in [2.24, 2.45) is 11.8 Å². The number of nitrogens with one attached hydrogen (secondary N) is 1. The number of esters is 1. The van der Waals surface area contributed by atoms with Gasteiger partial charge >= 0.3 is 5.97 Å². The van der Waals surface area contributed by atoms with Crippen molar-refractivity contribution < 1.29 is 9.53 Å². The standard InChI is InChI=1S/C14H26N2O2/c1-4-15-12-7-11(14(17)18-3)8-16(9-12)13-5-10(2)6-13/h10-13,15H,4-9H2,1-3H3. The Labute approximate surface area is 110 Å². The van der Waals surface area contributed by atoms with E-state index in [0.717, 1.165) is 32.0 Å². The van der Waals surface area contributed by atoms with E-state index < -0.39 is 0 Å². The molecule has 0 aromatic heterocycles. The van der Waals surface area contributed by atoms with Crippen LogP contribution < -0.4 is 5.32 Å². The fourth-order valence-electron chi connectivity index (χ4n) is 3.36. The van der Waals surface area contributed by atoms with Crippen molar-refractivity contribution >= 4 is 5.97 Å². The number of rotatable bonds is 4. The van der Waals surface area contributed by atoms with Gasteiger partial charge in [-0.15, -0.1) is 0 Å². The number of piperidine rings is 1. The number of ether oxygens (including phenoxy) is 1. The van der Waals surface area contributed by atoms with Gasteiger partial charge in [0.2, 0.25) is 0 Å². The van der Waals surface area contributed by atoms with E-state index in [0.29, 0.717) is 12.1 Å². The molecule has 2 unspecified atom stereocenters. The molecule has 1 N–H and O–H groups in total. The van der Waals surface area contributed by atoms with E-state index in [1.165, 1.54) is 20.0 Å². The van der Waals surface area contributed by atoms with Gasteiger partial charge < -0.3 is 10.1 Å². The molecular weight excluding hydrogens is 228 g/mol. The highest BCUT2D eigenvalue weighted by molar-refractivity contribution is 5.72. The molecule has 1 aliphatic heterocycles. The second-order valence-corrected chi connectivity index (χ2v) is 5.89. The minimum Gasteiger partial charge on any atom is -0.469 e. The van der Waals surface area contributed by atoms with Gasteiger partial charge in [0.1, 0.15) is 0 Å². The van der Waals surface area contributed by atoms with Crippen LogP contribution in [0.25, 0.3) is 0 Å². The Balaban J connectivity index is 1.95. The zero-order chi connectivity index (χ0) is 13.1. The second kappa shape index (κ2) is 6.02. The largest absolute Gasteiger partial charge is 0.469 e. The van der Waals surface area contributed by atoms with Gasteiger partial charge in [0.25, 0.3) is 0 Å². The van der Waals surface area contributed by atoms with Crippen molar-refractivity contribution in [2.45, 2.75) is 45.2 Å². The average molecular weight is 254 g/mol. The topological polar surface area (TPSA) is 41.6 Å². The summed E-state index contributed by atoms with van der Waals surface area (Å²) in [6.07, 6.45) is 3.48. The van der Waals surface area contributed by atoms with Crippen LogP contribution in [0.1, 0.15) is 33.1 Å². The third-order valence-corrected chi connectivity index (χ3v) is 4.37. The molecule has 0 spiro atoms. The number of carbonyl (C=O) groups is 1. The summed E-state index contributed by atoms with van der Waals surface area (Å²) in [5, 5.41) is 3.49. The van der Waals surface area contributed by atoms with Gasteiger partial charge in [-0.05, 0) is 31.7 Å². The van der Waals surface area contributed by atoms with Crippen LogP contribution >= 0.6 is 0 Å². The Morgan fingerprint density at radius 2 is 2.06 bits per heavy atom. The molecule has 0 aromatic rings. The van der Waals surface area contributed by atoms with E-state index in [2.05, 4.69) is 24.1 Å². The van der Waals surface area contributed by atoms with Crippen LogP contribution in [-0.4, -0.2) is 49.7 Å². The van der Waals surface area contributed by atoms with Gasteiger partial charge in [0.05, 0.1) is 13.0 Å². The van der Waals surface area contributed by atoms with Crippen LogP contribution in [0.3, 0.4) is 0 Å². The highest BCUT2D eigenvalue weighted by atomic mass is 16.5. The van der Waals surface area contributed by atoms with E-state index in [9.17, 15) is 4.79 Å². The van der Waals surface area contributed by atoms with Gasteiger partial charge in [-0.1, -0.05) is 13.8 Å². The number of hydrogen-bond donors (Lipinski definition) is 1. The van der Waals surface area contributed by atoms with Crippen molar-refractivity contribution in [2.75, 3.05) is 26.7 Å². The Kier molecular flexibility index (Phi) is 4.62. The lowest BCUT2D eigenvalue weighted by Crippen LogP contribution is -2.56. The van der Waals surface area contributed by atoms with Crippen molar-refractivity contribution in [1.29, 1.82) is 0 Å². The SMILES string of the molecule is CCNC1CC(C(=O)OC)CN(C2CC(C)C2)C1. The maximum absolute atomic E-state index is 11.8. The lowest BCUT2D eigenvalue weighted by molar-refractivity contribution is -0.148. The number of hydrogen-bond acceptors (Lipinski definition) is 4. The lowest BCUT2D eigenvalue weighted by Gasteiger charge is -2.47. The minimum absolute atomic E-state index is 0.0451. The van der Waals surface area contributed by atoms with Crippen LogP contribution in [0.2, 0.25) is 0 Å². The molecule has 0 aromatic carbocycles. The summed E-state index contributed by atoms with van der Waals surface area (Å²) in [7, 11) is 1.49. The van der Waals surface area contributed by atoms with Gasteiger partial charge in [0, 0.05) is 25.2 Å². The first-order chi connectivity index (χ1) is 8.63. The summed E-state index contributed by atoms with van der Waals surface area (Å²) in [5.41, 5.74) is 0. The normalized spacial score (nSPS) is 37.1. The highest BCUT2D eigenvalue weighted by Crippen LogP contribution is 2.33. The Bertz CT molecular complexity index is 290.